The zero-order chi connectivity index (χ0) is 25.8. The van der Waals surface area contributed by atoms with Crippen molar-refractivity contribution in [1.29, 1.82) is 0 Å². The molecule has 1 heterocycles. The molecule has 0 atom stereocenters. The van der Waals surface area contributed by atoms with Gasteiger partial charge in [-0.05, 0) is 54.6 Å². The van der Waals surface area contributed by atoms with Crippen LogP contribution in [-0.4, -0.2) is 29.1 Å². The number of benzene rings is 3. The van der Waals surface area contributed by atoms with E-state index in [9.17, 15) is 13.2 Å². The number of carbonyl (C=O) groups excluding carboxylic acids is 1. The van der Waals surface area contributed by atoms with Gasteiger partial charge in [0.2, 0.25) is 16.0 Å². The number of sulfonamides is 1. The van der Waals surface area contributed by atoms with Crippen LogP contribution in [0.25, 0.3) is 0 Å². The van der Waals surface area contributed by atoms with Gasteiger partial charge >= 0.3 is 0 Å². The normalized spacial score (nSPS) is 10.9. The van der Waals surface area contributed by atoms with Crippen molar-refractivity contribution in [3.8, 4) is 0 Å². The molecule has 0 amide bonds. The topological polar surface area (TPSA) is 146 Å². The number of nitrogens with two attached hydrogens (primary N) is 2. The number of hydrogen-bond acceptors (Lipinski definition) is 7. The van der Waals surface area contributed by atoms with Crippen LogP contribution in [0.5, 0.6) is 0 Å². The van der Waals surface area contributed by atoms with Gasteiger partial charge in [0.25, 0.3) is 5.91 Å². The standard InChI is InChI=1S/C12H10Cl2N2O2S.C9H6Cl2N4O/c13-8-1-6-12(11(14)7-8)16-9-2-4-10(5-3-9)19(15,17)18;10-5-2-1-3-6(11)7(5)8(16)15-9(12)13-4-14-15/h1-7,16H,(H2,15,17,18);1-4H,(H2,12,13,14). The van der Waals surface area contributed by atoms with Crippen LogP contribution in [0.1, 0.15) is 10.4 Å². The van der Waals surface area contributed by atoms with Crippen molar-refractivity contribution < 1.29 is 13.2 Å². The third kappa shape index (κ3) is 6.85. The van der Waals surface area contributed by atoms with E-state index in [1.165, 1.54) is 18.5 Å². The fourth-order valence-corrected chi connectivity index (χ4v) is 4.22. The molecule has 9 nitrogen and oxygen atoms in total. The van der Waals surface area contributed by atoms with Gasteiger partial charge < -0.3 is 11.1 Å². The van der Waals surface area contributed by atoms with Crippen molar-refractivity contribution in [1.82, 2.24) is 14.8 Å². The molecule has 0 aliphatic heterocycles. The molecule has 0 bridgehead atoms. The molecule has 4 aromatic rings. The number of nitrogens with zero attached hydrogens (tertiary/aromatic N) is 3. The molecule has 0 aliphatic carbocycles. The molecule has 0 unspecified atom stereocenters. The van der Waals surface area contributed by atoms with Gasteiger partial charge in [-0.25, -0.2) is 13.6 Å². The first-order valence-corrected chi connectivity index (χ1v) is 12.5. The van der Waals surface area contributed by atoms with Gasteiger partial charge in [0.05, 0.1) is 31.2 Å². The number of nitrogens with one attached hydrogen (secondary N) is 1. The summed E-state index contributed by atoms with van der Waals surface area (Å²) in [6, 6.07) is 15.9. The van der Waals surface area contributed by atoms with Gasteiger partial charge in [0.15, 0.2) is 0 Å². The Hall–Kier alpha value is -2.86. The molecule has 182 valence electrons. The number of primary sulfonamides is 1. The summed E-state index contributed by atoms with van der Waals surface area (Å²) in [5.41, 5.74) is 6.98. The Balaban J connectivity index is 0.000000198. The summed E-state index contributed by atoms with van der Waals surface area (Å²) in [5, 5.41) is 13.3. The van der Waals surface area contributed by atoms with Crippen LogP contribution < -0.4 is 16.2 Å². The average molecular weight is 574 g/mol. The number of anilines is 3. The fourth-order valence-electron chi connectivity index (χ4n) is 2.69. The van der Waals surface area contributed by atoms with E-state index in [1.54, 1.807) is 48.5 Å². The van der Waals surface area contributed by atoms with Gasteiger partial charge in [-0.3, -0.25) is 4.79 Å². The van der Waals surface area contributed by atoms with E-state index < -0.39 is 15.9 Å². The number of aromatic nitrogens is 3. The number of nitrogen functional groups attached to an aromatic ring is 1. The average Bonchev–Trinajstić information content (AvgIpc) is 3.21. The van der Waals surface area contributed by atoms with Gasteiger partial charge in [-0.2, -0.15) is 14.8 Å². The first kappa shape index (κ1) is 26.7. The minimum Gasteiger partial charge on any atom is -0.368 e. The summed E-state index contributed by atoms with van der Waals surface area (Å²) in [4.78, 5) is 15.7. The highest BCUT2D eigenvalue weighted by Crippen LogP contribution is 2.28. The summed E-state index contributed by atoms with van der Waals surface area (Å²) >= 11 is 23.6. The Morgan fingerprint density at radius 3 is 2.06 bits per heavy atom. The van der Waals surface area contributed by atoms with Gasteiger partial charge in [0.1, 0.15) is 6.33 Å². The SMILES string of the molecule is NS(=O)(=O)c1ccc(Nc2ccc(Cl)cc2Cl)cc1.Nc1ncnn1C(=O)c1c(Cl)cccc1Cl. The summed E-state index contributed by atoms with van der Waals surface area (Å²) < 4.78 is 23.2. The highest BCUT2D eigenvalue weighted by atomic mass is 35.5. The van der Waals surface area contributed by atoms with Crippen LogP contribution in [0.15, 0.2) is 71.9 Å². The summed E-state index contributed by atoms with van der Waals surface area (Å²) in [6.45, 7) is 0. The molecule has 14 heteroatoms. The van der Waals surface area contributed by atoms with Crippen molar-refractivity contribution >= 4 is 79.7 Å². The highest BCUT2D eigenvalue weighted by Gasteiger charge is 2.19. The lowest BCUT2D eigenvalue weighted by atomic mass is 10.2. The van der Waals surface area contributed by atoms with Crippen molar-refractivity contribution in [2.45, 2.75) is 4.90 Å². The summed E-state index contributed by atoms with van der Waals surface area (Å²) in [7, 11) is -3.68. The molecule has 0 saturated carbocycles. The van der Waals surface area contributed by atoms with E-state index in [0.29, 0.717) is 21.4 Å². The molecule has 1 aromatic heterocycles. The van der Waals surface area contributed by atoms with E-state index in [-0.39, 0.29) is 26.5 Å². The molecular formula is C21H16Cl4N6O3S. The van der Waals surface area contributed by atoms with Crippen molar-refractivity contribution in [3.63, 3.8) is 0 Å². The Morgan fingerprint density at radius 2 is 1.54 bits per heavy atom. The summed E-state index contributed by atoms with van der Waals surface area (Å²) in [5.74, 6) is -0.522. The van der Waals surface area contributed by atoms with Gasteiger partial charge in [-0.15, -0.1) is 0 Å². The molecule has 0 saturated heterocycles. The Labute approximate surface area is 220 Å². The van der Waals surface area contributed by atoms with Crippen LogP contribution >= 0.6 is 46.4 Å². The molecule has 3 aromatic carbocycles. The maximum atomic E-state index is 12.0. The predicted octanol–water partition coefficient (Wildman–Crippen LogP) is 5.24. The lowest BCUT2D eigenvalue weighted by Crippen LogP contribution is -2.17. The second-order valence-electron chi connectivity index (χ2n) is 6.75. The zero-order valence-electron chi connectivity index (χ0n) is 17.5. The zero-order valence-corrected chi connectivity index (χ0v) is 21.3. The van der Waals surface area contributed by atoms with Crippen molar-refractivity contribution in [2.24, 2.45) is 5.14 Å². The second-order valence-corrected chi connectivity index (χ2v) is 9.97. The lowest BCUT2D eigenvalue weighted by molar-refractivity contribution is 0.0948. The van der Waals surface area contributed by atoms with E-state index in [2.05, 4.69) is 15.4 Å². The van der Waals surface area contributed by atoms with Crippen LogP contribution in [0.2, 0.25) is 20.1 Å². The first-order valence-electron chi connectivity index (χ1n) is 9.46. The minimum atomic E-state index is -3.68. The molecule has 5 N–H and O–H groups in total. The minimum absolute atomic E-state index is 0.0130. The van der Waals surface area contributed by atoms with Crippen molar-refractivity contribution in [2.75, 3.05) is 11.1 Å². The third-order valence-electron chi connectivity index (χ3n) is 4.34. The molecule has 0 aliphatic rings. The quantitative estimate of drug-likeness (QED) is 0.302. The summed E-state index contributed by atoms with van der Waals surface area (Å²) in [6.07, 6.45) is 1.18. The van der Waals surface area contributed by atoms with Gasteiger partial charge in [-0.1, -0.05) is 52.5 Å². The third-order valence-corrected chi connectivity index (χ3v) is 6.44. The van der Waals surface area contributed by atoms with E-state index >= 15 is 0 Å². The smallest absolute Gasteiger partial charge is 0.284 e. The van der Waals surface area contributed by atoms with Crippen molar-refractivity contribution in [3.05, 3.63) is 92.6 Å². The number of rotatable bonds is 4. The molecule has 35 heavy (non-hydrogen) atoms. The van der Waals surface area contributed by atoms with Crippen LogP contribution in [-0.2, 0) is 10.0 Å². The number of carbonyl (C=O) groups is 1. The maximum Gasteiger partial charge on any atom is 0.284 e. The van der Waals surface area contributed by atoms with E-state index in [0.717, 1.165) is 4.68 Å². The van der Waals surface area contributed by atoms with Crippen LogP contribution in [0.4, 0.5) is 17.3 Å². The number of hydrogen-bond donors (Lipinski definition) is 3. The molecule has 0 spiro atoms. The van der Waals surface area contributed by atoms with E-state index in [1.807, 2.05) is 0 Å². The Bertz CT molecular complexity index is 1460. The molecule has 0 radical (unpaired) electrons. The number of halogens is 4. The Kier molecular flexibility index (Phi) is 8.60. The van der Waals surface area contributed by atoms with E-state index in [4.69, 9.17) is 57.3 Å². The highest BCUT2D eigenvalue weighted by molar-refractivity contribution is 7.89. The lowest BCUT2D eigenvalue weighted by Gasteiger charge is -2.09. The monoisotopic (exact) mass is 572 g/mol. The predicted molar refractivity (Wildman–Crippen MR) is 138 cm³/mol. The second kappa shape index (κ2) is 11.3. The van der Waals surface area contributed by atoms with Crippen LogP contribution in [0.3, 0.4) is 0 Å². The maximum absolute atomic E-state index is 12.0. The van der Waals surface area contributed by atoms with Crippen LogP contribution in [0, 0.1) is 0 Å². The molecular weight excluding hydrogens is 558 g/mol. The molecule has 0 fully saturated rings. The largest absolute Gasteiger partial charge is 0.368 e. The fraction of sp³-hybridized carbons (Fsp3) is 0. The van der Waals surface area contributed by atoms with Gasteiger partial charge in [0, 0.05) is 10.7 Å². The molecule has 4 rings (SSSR count). The first-order chi connectivity index (χ1) is 16.5. The Morgan fingerprint density at radius 1 is 0.914 bits per heavy atom.